The number of primary amides is 1. The van der Waals surface area contributed by atoms with E-state index < -0.39 is 14.2 Å². The van der Waals surface area contributed by atoms with Gasteiger partial charge >= 0.3 is 6.09 Å². The first-order chi connectivity index (χ1) is 8.50. The van der Waals surface area contributed by atoms with Crippen LogP contribution in [0.1, 0.15) is 31.2 Å². The summed E-state index contributed by atoms with van der Waals surface area (Å²) in [6, 6.07) is 0. The maximum absolute atomic E-state index is 11.1. The van der Waals surface area contributed by atoms with Gasteiger partial charge in [-0.2, -0.15) is 0 Å². The molecule has 0 saturated carbocycles. The summed E-state index contributed by atoms with van der Waals surface area (Å²) in [5.74, 6) is 3.67. The third kappa shape index (κ3) is 4.73. The molecule has 0 fully saturated rings. The average Bonchev–Trinajstić information content (AvgIpc) is 2.55. The van der Waals surface area contributed by atoms with Gasteiger partial charge < -0.3 is 10.5 Å². The Morgan fingerprint density at radius 1 is 1.37 bits per heavy atom. The molecule has 3 nitrogen and oxygen atoms in total. The van der Waals surface area contributed by atoms with E-state index in [-0.39, 0.29) is 5.41 Å². The smallest absolute Gasteiger partial charge is 0.408 e. The highest BCUT2D eigenvalue weighted by atomic mass is 32.1. The first-order valence-electron chi connectivity index (χ1n) is 6.13. The zero-order valence-electron chi connectivity index (χ0n) is 12.4. The van der Waals surface area contributed by atoms with Crippen LogP contribution in [0.25, 0.3) is 0 Å². The Bertz CT molecular complexity index is 539. The van der Waals surface area contributed by atoms with Crippen LogP contribution < -0.4 is 10.5 Å². The summed E-state index contributed by atoms with van der Waals surface area (Å²) in [5, 5.41) is 1.99. The van der Waals surface area contributed by atoms with Crippen molar-refractivity contribution in [1.82, 2.24) is 0 Å². The molecule has 1 heterocycles. The van der Waals surface area contributed by atoms with Crippen LogP contribution in [0.5, 0.6) is 5.75 Å². The number of carbonyl (C=O) groups is 1. The minimum absolute atomic E-state index is 0.111. The highest BCUT2D eigenvalue weighted by molar-refractivity contribution is 7.11. The van der Waals surface area contributed by atoms with Crippen LogP contribution in [0.3, 0.4) is 0 Å². The van der Waals surface area contributed by atoms with Crippen LogP contribution >= 0.6 is 11.3 Å². The number of nitrogens with two attached hydrogens (primary N) is 1. The van der Waals surface area contributed by atoms with Crippen molar-refractivity contribution in [2.45, 2.75) is 45.8 Å². The number of rotatable bonds is 1. The molecule has 0 radical (unpaired) electrons. The minimum atomic E-state index is -1.47. The maximum Gasteiger partial charge on any atom is 0.410 e. The van der Waals surface area contributed by atoms with Crippen molar-refractivity contribution in [2.24, 2.45) is 5.73 Å². The van der Waals surface area contributed by atoms with Gasteiger partial charge in [-0.3, -0.25) is 0 Å². The lowest BCUT2D eigenvalue weighted by molar-refractivity contribution is 0.210. The van der Waals surface area contributed by atoms with Gasteiger partial charge in [0.25, 0.3) is 0 Å². The second-order valence-corrected chi connectivity index (χ2v) is 12.1. The van der Waals surface area contributed by atoms with Crippen molar-refractivity contribution < 1.29 is 9.53 Å². The third-order valence-electron chi connectivity index (χ3n) is 2.31. The topological polar surface area (TPSA) is 52.3 Å². The standard InChI is InChI=1S/C14H21NO2SSi/c1-14(2,3)10-9-18-11(7-8-19(4,5)6)12(10)17-13(15)16/h9H,1-6H3,(H2,15,16). The molecule has 0 aliphatic rings. The second-order valence-electron chi connectivity index (χ2n) is 6.48. The summed E-state index contributed by atoms with van der Waals surface area (Å²) in [4.78, 5) is 11.8. The summed E-state index contributed by atoms with van der Waals surface area (Å²) >= 11 is 1.50. The molecular formula is C14H21NO2SSi. The molecule has 1 rings (SSSR count). The summed E-state index contributed by atoms with van der Waals surface area (Å²) < 4.78 is 5.17. The highest BCUT2D eigenvalue weighted by Crippen LogP contribution is 2.38. The van der Waals surface area contributed by atoms with E-state index >= 15 is 0 Å². The molecule has 1 amide bonds. The molecule has 1 aromatic rings. The number of hydrogen-bond acceptors (Lipinski definition) is 3. The molecule has 0 atom stereocenters. The van der Waals surface area contributed by atoms with E-state index in [1.54, 1.807) is 0 Å². The van der Waals surface area contributed by atoms with E-state index in [0.29, 0.717) is 5.75 Å². The number of amides is 1. The van der Waals surface area contributed by atoms with Crippen LogP contribution in [0.2, 0.25) is 19.6 Å². The SMILES string of the molecule is CC(C)(C)c1csc(C#C[Si](C)(C)C)c1OC(N)=O. The van der Waals surface area contributed by atoms with E-state index in [1.165, 1.54) is 11.3 Å². The van der Waals surface area contributed by atoms with Gasteiger partial charge in [0, 0.05) is 5.56 Å². The molecule has 19 heavy (non-hydrogen) atoms. The Labute approximate surface area is 120 Å². The van der Waals surface area contributed by atoms with E-state index in [9.17, 15) is 4.79 Å². The van der Waals surface area contributed by atoms with Crippen LogP contribution in [0, 0.1) is 11.5 Å². The fraction of sp³-hybridized carbons (Fsp3) is 0.500. The molecular weight excluding hydrogens is 274 g/mol. The van der Waals surface area contributed by atoms with E-state index in [1.807, 2.05) is 5.38 Å². The van der Waals surface area contributed by atoms with Gasteiger partial charge in [-0.05, 0) is 10.8 Å². The molecule has 1 aromatic heterocycles. The number of carbonyl (C=O) groups excluding carboxylic acids is 1. The van der Waals surface area contributed by atoms with Gasteiger partial charge in [-0.15, -0.1) is 16.9 Å². The van der Waals surface area contributed by atoms with Crippen molar-refractivity contribution >= 4 is 25.5 Å². The first kappa shape index (κ1) is 15.8. The number of thiophene rings is 1. The predicted octanol–water partition coefficient (Wildman–Crippen LogP) is 3.73. The van der Waals surface area contributed by atoms with Crippen LogP contribution in [-0.4, -0.2) is 14.2 Å². The quantitative estimate of drug-likeness (QED) is 0.634. The Balaban J connectivity index is 3.29. The lowest BCUT2D eigenvalue weighted by Crippen LogP contribution is -2.20. The Morgan fingerprint density at radius 2 is 1.95 bits per heavy atom. The molecule has 0 unspecified atom stereocenters. The van der Waals surface area contributed by atoms with E-state index in [2.05, 4.69) is 51.9 Å². The summed E-state index contributed by atoms with van der Waals surface area (Å²) in [5.41, 5.74) is 9.29. The molecule has 2 N–H and O–H groups in total. The normalized spacial score (nSPS) is 11.7. The van der Waals surface area contributed by atoms with Gasteiger partial charge in [0.1, 0.15) is 13.0 Å². The molecule has 0 saturated heterocycles. The zero-order valence-corrected chi connectivity index (χ0v) is 14.2. The molecule has 0 aliphatic heterocycles. The molecule has 0 aromatic carbocycles. The summed E-state index contributed by atoms with van der Waals surface area (Å²) in [6.07, 6.45) is -0.792. The van der Waals surface area contributed by atoms with Gasteiger partial charge in [0.15, 0.2) is 5.75 Å². The van der Waals surface area contributed by atoms with Crippen LogP contribution in [-0.2, 0) is 5.41 Å². The molecule has 0 bridgehead atoms. The fourth-order valence-electron chi connectivity index (χ4n) is 1.40. The minimum Gasteiger partial charge on any atom is -0.408 e. The lowest BCUT2D eigenvalue weighted by Gasteiger charge is -2.18. The largest absolute Gasteiger partial charge is 0.410 e. The van der Waals surface area contributed by atoms with Gasteiger partial charge in [0.05, 0.1) is 0 Å². The van der Waals surface area contributed by atoms with Gasteiger partial charge in [-0.25, -0.2) is 4.79 Å². The van der Waals surface area contributed by atoms with Crippen molar-refractivity contribution in [3.63, 3.8) is 0 Å². The van der Waals surface area contributed by atoms with E-state index in [0.717, 1.165) is 10.4 Å². The van der Waals surface area contributed by atoms with Crippen molar-refractivity contribution in [1.29, 1.82) is 0 Å². The van der Waals surface area contributed by atoms with Crippen LogP contribution in [0.4, 0.5) is 4.79 Å². The Morgan fingerprint density at radius 3 is 2.37 bits per heavy atom. The number of hydrogen-bond donors (Lipinski definition) is 1. The zero-order chi connectivity index (χ0) is 14.8. The van der Waals surface area contributed by atoms with Gasteiger partial charge in [-0.1, -0.05) is 46.3 Å². The Hall–Kier alpha value is -1.25. The lowest BCUT2D eigenvalue weighted by atomic mass is 9.88. The van der Waals surface area contributed by atoms with Crippen molar-refractivity contribution in [2.75, 3.05) is 0 Å². The monoisotopic (exact) mass is 295 g/mol. The fourth-order valence-corrected chi connectivity index (χ4v) is 3.05. The van der Waals surface area contributed by atoms with Crippen molar-refractivity contribution in [3.05, 3.63) is 15.8 Å². The number of ether oxygens (including phenoxy) is 1. The second kappa shape index (κ2) is 5.39. The average molecular weight is 295 g/mol. The summed E-state index contributed by atoms with van der Waals surface area (Å²) in [6.45, 7) is 12.7. The predicted molar refractivity (Wildman–Crippen MR) is 83.5 cm³/mol. The van der Waals surface area contributed by atoms with Gasteiger partial charge in [0.2, 0.25) is 0 Å². The summed E-state index contributed by atoms with van der Waals surface area (Å²) in [7, 11) is -1.47. The Kier molecular flexibility index (Phi) is 4.49. The van der Waals surface area contributed by atoms with E-state index in [4.69, 9.17) is 10.5 Å². The highest BCUT2D eigenvalue weighted by Gasteiger charge is 2.24. The first-order valence-corrected chi connectivity index (χ1v) is 10.5. The van der Waals surface area contributed by atoms with Crippen LogP contribution in [0.15, 0.2) is 5.38 Å². The molecule has 5 heteroatoms. The third-order valence-corrected chi connectivity index (χ3v) is 4.06. The molecule has 0 aliphatic carbocycles. The van der Waals surface area contributed by atoms with Crippen molar-refractivity contribution in [3.8, 4) is 17.2 Å². The maximum atomic E-state index is 11.1. The molecule has 104 valence electrons. The molecule has 0 spiro atoms.